The quantitative estimate of drug-likeness (QED) is 0.595. The van der Waals surface area contributed by atoms with E-state index >= 15 is 0 Å². The van der Waals surface area contributed by atoms with Crippen molar-refractivity contribution in [2.24, 2.45) is 0 Å². The molecule has 0 radical (unpaired) electrons. The van der Waals surface area contributed by atoms with E-state index in [1.54, 1.807) is 11.3 Å². The van der Waals surface area contributed by atoms with Crippen LogP contribution in [-0.4, -0.2) is 15.3 Å². The number of nitrogens with one attached hydrogen (secondary N) is 1. The van der Waals surface area contributed by atoms with Crippen LogP contribution in [0.2, 0.25) is 0 Å². The van der Waals surface area contributed by atoms with E-state index in [4.69, 9.17) is 0 Å². The minimum absolute atomic E-state index is 0.0125. The second kappa shape index (κ2) is 6.91. The summed E-state index contributed by atoms with van der Waals surface area (Å²) in [7, 11) is 0. The smallest absolute Gasteiger partial charge is 0.226 e. The number of thiazole rings is 1. The van der Waals surface area contributed by atoms with Crippen molar-refractivity contribution in [3.05, 3.63) is 83.5 Å². The molecule has 0 spiro atoms. The summed E-state index contributed by atoms with van der Waals surface area (Å²) in [6.07, 6.45) is 2.35. The maximum atomic E-state index is 12.3. The van der Waals surface area contributed by atoms with E-state index in [1.165, 1.54) is 0 Å². The lowest BCUT2D eigenvalue weighted by Gasteiger charge is -2.05. The second-order valence-electron chi connectivity index (χ2n) is 5.81. The molecule has 124 valence electrons. The van der Waals surface area contributed by atoms with Crippen molar-refractivity contribution < 1.29 is 4.79 Å². The molecule has 0 saturated carbocycles. The van der Waals surface area contributed by atoms with Crippen LogP contribution in [0.5, 0.6) is 0 Å². The minimum Gasteiger partial charge on any atom is -0.352 e. The van der Waals surface area contributed by atoms with Gasteiger partial charge < -0.3 is 5.32 Å². The van der Waals surface area contributed by atoms with E-state index < -0.39 is 0 Å². The standard InChI is InChI=1S/C20H17N3OS/c24-19(21-12-15-7-3-1-4-8-15)11-17-14-25-20-22-18(13-23(17)20)16-9-5-2-6-10-16/h1-10,13-14H,11-12H2,(H,21,24). The first-order valence-electron chi connectivity index (χ1n) is 8.11. The molecule has 2 aromatic carbocycles. The molecular weight excluding hydrogens is 330 g/mol. The number of hydrogen-bond acceptors (Lipinski definition) is 3. The van der Waals surface area contributed by atoms with Crippen molar-refractivity contribution in [1.29, 1.82) is 0 Å². The Kier molecular flexibility index (Phi) is 4.31. The number of fused-ring (bicyclic) bond motifs is 1. The average Bonchev–Trinajstić information content (AvgIpc) is 3.24. The van der Waals surface area contributed by atoms with E-state index in [-0.39, 0.29) is 5.91 Å². The van der Waals surface area contributed by atoms with Gasteiger partial charge in [-0.2, -0.15) is 0 Å². The molecule has 2 aromatic heterocycles. The molecule has 4 aromatic rings. The number of amides is 1. The molecule has 0 bridgehead atoms. The van der Waals surface area contributed by atoms with Crippen LogP contribution in [0.15, 0.2) is 72.2 Å². The van der Waals surface area contributed by atoms with Crippen molar-refractivity contribution in [2.45, 2.75) is 13.0 Å². The highest BCUT2D eigenvalue weighted by molar-refractivity contribution is 7.15. The molecule has 5 heteroatoms. The largest absolute Gasteiger partial charge is 0.352 e. The van der Waals surface area contributed by atoms with E-state index in [1.807, 2.05) is 76.6 Å². The molecule has 4 rings (SSSR count). The maximum absolute atomic E-state index is 12.3. The van der Waals surface area contributed by atoms with Crippen LogP contribution in [-0.2, 0) is 17.8 Å². The van der Waals surface area contributed by atoms with E-state index in [9.17, 15) is 4.79 Å². The molecule has 1 N–H and O–H groups in total. The Morgan fingerprint density at radius 1 is 1.04 bits per heavy atom. The summed E-state index contributed by atoms with van der Waals surface area (Å²) >= 11 is 1.56. The lowest BCUT2D eigenvalue weighted by Crippen LogP contribution is -2.24. The number of aromatic nitrogens is 2. The summed E-state index contributed by atoms with van der Waals surface area (Å²) in [6.45, 7) is 0.548. The Balaban J connectivity index is 1.48. The number of carbonyl (C=O) groups is 1. The lowest BCUT2D eigenvalue weighted by molar-refractivity contribution is -0.120. The number of carbonyl (C=O) groups excluding carboxylic acids is 1. The van der Waals surface area contributed by atoms with Crippen LogP contribution in [0.25, 0.3) is 16.2 Å². The number of imidazole rings is 1. The molecular formula is C20H17N3OS. The normalized spacial score (nSPS) is 10.9. The highest BCUT2D eigenvalue weighted by atomic mass is 32.1. The highest BCUT2D eigenvalue weighted by Gasteiger charge is 2.12. The number of benzene rings is 2. The van der Waals surface area contributed by atoms with Crippen LogP contribution in [0.1, 0.15) is 11.3 Å². The molecule has 0 aliphatic carbocycles. The van der Waals surface area contributed by atoms with Gasteiger partial charge in [-0.25, -0.2) is 4.98 Å². The van der Waals surface area contributed by atoms with Crippen LogP contribution < -0.4 is 5.32 Å². The first-order chi connectivity index (χ1) is 12.3. The van der Waals surface area contributed by atoms with Gasteiger partial charge in [0.25, 0.3) is 0 Å². The molecule has 2 heterocycles. The monoisotopic (exact) mass is 347 g/mol. The molecule has 0 saturated heterocycles. The number of nitrogens with zero attached hydrogens (tertiary/aromatic N) is 2. The zero-order valence-electron chi connectivity index (χ0n) is 13.6. The van der Waals surface area contributed by atoms with Gasteiger partial charge in [0.05, 0.1) is 12.1 Å². The summed E-state index contributed by atoms with van der Waals surface area (Å²) in [4.78, 5) is 17.8. The third-order valence-electron chi connectivity index (χ3n) is 4.03. The molecule has 1 amide bonds. The fourth-order valence-corrected chi connectivity index (χ4v) is 3.60. The zero-order valence-corrected chi connectivity index (χ0v) is 14.4. The average molecular weight is 347 g/mol. The summed E-state index contributed by atoms with van der Waals surface area (Å²) in [5.41, 5.74) is 4.07. The Morgan fingerprint density at radius 2 is 1.76 bits per heavy atom. The van der Waals surface area contributed by atoms with Gasteiger partial charge in [0.1, 0.15) is 0 Å². The van der Waals surface area contributed by atoms with Crippen LogP contribution in [0.3, 0.4) is 0 Å². The van der Waals surface area contributed by atoms with Crippen molar-refractivity contribution in [3.8, 4) is 11.3 Å². The van der Waals surface area contributed by atoms with Gasteiger partial charge >= 0.3 is 0 Å². The molecule has 0 aliphatic rings. The molecule has 0 atom stereocenters. The molecule has 25 heavy (non-hydrogen) atoms. The highest BCUT2D eigenvalue weighted by Crippen LogP contribution is 2.23. The molecule has 0 aliphatic heterocycles. The maximum Gasteiger partial charge on any atom is 0.226 e. The van der Waals surface area contributed by atoms with Crippen molar-refractivity contribution in [3.63, 3.8) is 0 Å². The fourth-order valence-electron chi connectivity index (χ4n) is 2.73. The second-order valence-corrected chi connectivity index (χ2v) is 6.65. The summed E-state index contributed by atoms with van der Waals surface area (Å²) in [5, 5.41) is 4.97. The summed E-state index contributed by atoms with van der Waals surface area (Å²) in [6, 6.07) is 20.0. The van der Waals surface area contributed by atoms with Crippen molar-refractivity contribution in [2.75, 3.05) is 0 Å². The lowest BCUT2D eigenvalue weighted by atomic mass is 10.2. The van der Waals surface area contributed by atoms with E-state index in [0.29, 0.717) is 13.0 Å². The van der Waals surface area contributed by atoms with E-state index in [0.717, 1.165) is 27.5 Å². The fraction of sp³-hybridized carbons (Fsp3) is 0.100. The predicted molar refractivity (Wildman–Crippen MR) is 100 cm³/mol. The summed E-state index contributed by atoms with van der Waals surface area (Å²) < 4.78 is 2.01. The SMILES string of the molecule is O=C(Cc1csc2nc(-c3ccccc3)cn12)NCc1ccccc1. The van der Waals surface area contributed by atoms with Gasteiger partial charge in [-0.15, -0.1) is 11.3 Å². The first kappa shape index (κ1) is 15.6. The Bertz CT molecular complexity index is 990. The first-order valence-corrected chi connectivity index (χ1v) is 8.99. The van der Waals surface area contributed by atoms with Gasteiger partial charge in [-0.05, 0) is 5.56 Å². The number of rotatable bonds is 5. The number of hydrogen-bond donors (Lipinski definition) is 1. The van der Waals surface area contributed by atoms with Gasteiger partial charge in [0, 0.05) is 29.4 Å². The topological polar surface area (TPSA) is 46.4 Å². The predicted octanol–water partition coefficient (Wildman–Crippen LogP) is 3.92. The Morgan fingerprint density at radius 3 is 2.52 bits per heavy atom. The Labute approximate surface area is 149 Å². The minimum atomic E-state index is 0.0125. The van der Waals surface area contributed by atoms with Crippen LogP contribution >= 0.6 is 11.3 Å². The van der Waals surface area contributed by atoms with Gasteiger partial charge in [-0.3, -0.25) is 9.20 Å². The van der Waals surface area contributed by atoms with Crippen LogP contribution in [0, 0.1) is 0 Å². The summed E-state index contributed by atoms with van der Waals surface area (Å²) in [5.74, 6) is 0.0125. The molecule has 0 fully saturated rings. The van der Waals surface area contributed by atoms with Gasteiger partial charge in [0.15, 0.2) is 4.96 Å². The van der Waals surface area contributed by atoms with Crippen molar-refractivity contribution in [1.82, 2.24) is 14.7 Å². The zero-order chi connectivity index (χ0) is 17.1. The van der Waals surface area contributed by atoms with Gasteiger partial charge in [0.2, 0.25) is 5.91 Å². The van der Waals surface area contributed by atoms with Crippen molar-refractivity contribution >= 4 is 22.2 Å². The Hall–Kier alpha value is -2.92. The van der Waals surface area contributed by atoms with E-state index in [2.05, 4.69) is 10.3 Å². The van der Waals surface area contributed by atoms with Gasteiger partial charge in [-0.1, -0.05) is 60.7 Å². The van der Waals surface area contributed by atoms with Crippen LogP contribution in [0.4, 0.5) is 0 Å². The molecule has 4 nitrogen and oxygen atoms in total. The molecule has 0 unspecified atom stereocenters. The third kappa shape index (κ3) is 3.46. The third-order valence-corrected chi connectivity index (χ3v) is 4.92.